The quantitative estimate of drug-likeness (QED) is 0.531. The third-order valence-corrected chi connectivity index (χ3v) is 4.59. The molecule has 0 unspecified atom stereocenters. The number of nitrogen functional groups attached to an aromatic ring is 1. The van der Waals surface area contributed by atoms with Crippen LogP contribution in [0.5, 0.6) is 0 Å². The maximum atomic E-state index is 13.2. The molecule has 160 valence electrons. The van der Waals surface area contributed by atoms with Crippen LogP contribution in [0, 0.1) is 17.1 Å². The summed E-state index contributed by atoms with van der Waals surface area (Å²) < 4.78 is 15.8. The van der Waals surface area contributed by atoms with E-state index in [9.17, 15) is 19.2 Å². The second kappa shape index (κ2) is 9.67. The molecule has 31 heavy (non-hydrogen) atoms. The molecule has 2 aromatic heterocycles. The molecule has 0 aliphatic heterocycles. The summed E-state index contributed by atoms with van der Waals surface area (Å²) in [5.41, 5.74) is 7.24. The Morgan fingerprint density at radius 1 is 1.23 bits per heavy atom. The molecule has 0 spiro atoms. The number of carbonyl (C=O) groups is 1. The van der Waals surface area contributed by atoms with Crippen LogP contribution in [0.3, 0.4) is 0 Å². The van der Waals surface area contributed by atoms with Crippen LogP contribution < -0.4 is 16.6 Å². The van der Waals surface area contributed by atoms with Gasteiger partial charge in [0.1, 0.15) is 29.0 Å². The average molecular weight is 423 g/mol. The van der Waals surface area contributed by atoms with Crippen LogP contribution in [-0.4, -0.2) is 32.0 Å². The summed E-state index contributed by atoms with van der Waals surface area (Å²) in [7, 11) is 0. The van der Waals surface area contributed by atoms with E-state index in [1.807, 2.05) is 6.92 Å². The monoisotopic (exact) mass is 423 g/mol. The maximum Gasteiger partial charge on any atom is 0.271 e. The maximum absolute atomic E-state index is 13.2. The fourth-order valence-corrected chi connectivity index (χ4v) is 3.04. The summed E-state index contributed by atoms with van der Waals surface area (Å²) in [5.74, 6) is -0.595. The van der Waals surface area contributed by atoms with Crippen LogP contribution in [0.25, 0.3) is 5.69 Å². The molecule has 3 N–H and O–H groups in total. The van der Waals surface area contributed by atoms with Crippen molar-refractivity contribution in [2.75, 3.05) is 12.3 Å². The van der Waals surface area contributed by atoms with Crippen molar-refractivity contribution in [2.45, 2.75) is 32.7 Å². The van der Waals surface area contributed by atoms with Crippen molar-refractivity contribution in [2.24, 2.45) is 0 Å². The summed E-state index contributed by atoms with van der Waals surface area (Å²) in [6, 6.07) is 10.4. The van der Waals surface area contributed by atoms with Crippen molar-refractivity contribution in [3.63, 3.8) is 0 Å². The van der Waals surface area contributed by atoms with Crippen LogP contribution >= 0.6 is 0 Å². The molecule has 0 saturated carbocycles. The third-order valence-electron chi connectivity index (χ3n) is 4.59. The number of hydrogen-bond acceptors (Lipinski definition) is 6. The fourth-order valence-electron chi connectivity index (χ4n) is 3.04. The van der Waals surface area contributed by atoms with Gasteiger partial charge in [0.05, 0.1) is 11.4 Å². The summed E-state index contributed by atoms with van der Waals surface area (Å²) in [6.45, 7) is 2.68. The van der Waals surface area contributed by atoms with Gasteiger partial charge in [0.2, 0.25) is 0 Å². The summed E-state index contributed by atoms with van der Waals surface area (Å²) in [6.07, 6.45) is 1.64. The minimum Gasteiger partial charge on any atom is -0.382 e. The zero-order chi connectivity index (χ0) is 22.4. The van der Waals surface area contributed by atoms with Crippen LogP contribution in [0.15, 0.2) is 41.2 Å². The first-order valence-electron chi connectivity index (χ1n) is 9.84. The van der Waals surface area contributed by atoms with Gasteiger partial charge < -0.3 is 11.1 Å². The third kappa shape index (κ3) is 4.95. The van der Waals surface area contributed by atoms with Gasteiger partial charge in [-0.2, -0.15) is 15.5 Å². The minimum atomic E-state index is -0.387. The minimum absolute atomic E-state index is 0.163. The summed E-state index contributed by atoms with van der Waals surface area (Å²) >= 11 is 0. The van der Waals surface area contributed by atoms with Crippen molar-refractivity contribution >= 4 is 11.7 Å². The highest BCUT2D eigenvalue weighted by Crippen LogP contribution is 2.21. The standard InChI is InChI=1S/C21H22FN7O2/c1-2-12-28-19(30)10-9-18(26-28)21(31)25-11-3-4-17-16(13-23)20(24)29(27-17)15-7-5-14(22)6-8-15/h5-10H,2-4,11-12,24H2,1H3,(H,25,31). The molecule has 0 atom stereocenters. The Bertz CT molecular complexity index is 1180. The topological polar surface area (TPSA) is 132 Å². The Labute approximate surface area is 177 Å². The zero-order valence-electron chi connectivity index (χ0n) is 17.0. The molecular formula is C21H22FN7O2. The summed E-state index contributed by atoms with van der Waals surface area (Å²) in [5, 5.41) is 20.6. The molecule has 9 nitrogen and oxygen atoms in total. The smallest absolute Gasteiger partial charge is 0.271 e. The van der Waals surface area contributed by atoms with Gasteiger partial charge >= 0.3 is 0 Å². The number of carbonyl (C=O) groups excluding carboxylic acids is 1. The largest absolute Gasteiger partial charge is 0.382 e. The lowest BCUT2D eigenvalue weighted by molar-refractivity contribution is 0.0945. The highest BCUT2D eigenvalue weighted by molar-refractivity contribution is 5.91. The molecular weight excluding hydrogens is 401 g/mol. The Morgan fingerprint density at radius 2 is 1.97 bits per heavy atom. The van der Waals surface area contributed by atoms with E-state index in [2.05, 4.69) is 21.6 Å². The molecule has 0 radical (unpaired) electrons. The van der Waals surface area contributed by atoms with Crippen molar-refractivity contribution in [1.29, 1.82) is 5.26 Å². The number of anilines is 1. The van der Waals surface area contributed by atoms with Crippen molar-refractivity contribution in [3.8, 4) is 11.8 Å². The van der Waals surface area contributed by atoms with Crippen LogP contribution in [0.1, 0.15) is 41.5 Å². The lowest BCUT2D eigenvalue weighted by Gasteiger charge is -2.07. The van der Waals surface area contributed by atoms with E-state index >= 15 is 0 Å². The lowest BCUT2D eigenvalue weighted by atomic mass is 10.1. The second-order valence-corrected chi connectivity index (χ2v) is 6.85. The molecule has 3 rings (SSSR count). The Hall–Kier alpha value is -4.00. The predicted molar refractivity (Wildman–Crippen MR) is 112 cm³/mol. The number of aryl methyl sites for hydroxylation is 2. The fraction of sp³-hybridized carbons (Fsp3) is 0.286. The molecule has 0 bridgehead atoms. The van der Waals surface area contributed by atoms with E-state index < -0.39 is 0 Å². The number of nitrogens with one attached hydrogen (secondary N) is 1. The average Bonchev–Trinajstić information content (AvgIpc) is 3.08. The first-order valence-corrected chi connectivity index (χ1v) is 9.84. The van der Waals surface area contributed by atoms with E-state index in [1.54, 1.807) is 0 Å². The lowest BCUT2D eigenvalue weighted by Crippen LogP contribution is -2.30. The van der Waals surface area contributed by atoms with E-state index in [0.717, 1.165) is 6.42 Å². The highest BCUT2D eigenvalue weighted by atomic mass is 19.1. The van der Waals surface area contributed by atoms with Gasteiger partial charge in [-0.05, 0) is 49.6 Å². The van der Waals surface area contributed by atoms with Gasteiger partial charge in [-0.3, -0.25) is 9.59 Å². The molecule has 1 amide bonds. The zero-order valence-corrected chi connectivity index (χ0v) is 17.0. The molecule has 3 aromatic rings. The van der Waals surface area contributed by atoms with Gasteiger partial charge in [0.15, 0.2) is 0 Å². The number of rotatable bonds is 8. The van der Waals surface area contributed by atoms with Gasteiger partial charge in [-0.1, -0.05) is 6.92 Å². The van der Waals surface area contributed by atoms with Crippen LogP contribution in [0.2, 0.25) is 0 Å². The molecule has 0 aliphatic carbocycles. The van der Waals surface area contributed by atoms with Crippen LogP contribution in [-0.2, 0) is 13.0 Å². The Kier molecular flexibility index (Phi) is 6.77. The van der Waals surface area contributed by atoms with Crippen molar-refractivity contribution in [1.82, 2.24) is 24.9 Å². The van der Waals surface area contributed by atoms with Crippen molar-refractivity contribution < 1.29 is 9.18 Å². The number of nitrogens with zero attached hydrogens (tertiary/aromatic N) is 5. The van der Waals surface area contributed by atoms with Gasteiger partial charge in [-0.15, -0.1) is 0 Å². The molecule has 10 heteroatoms. The number of nitrogens with two attached hydrogens (primary N) is 1. The number of aromatic nitrogens is 4. The number of amides is 1. The second-order valence-electron chi connectivity index (χ2n) is 6.85. The molecule has 0 aliphatic rings. The van der Waals surface area contributed by atoms with Gasteiger partial charge in [0.25, 0.3) is 11.5 Å². The summed E-state index contributed by atoms with van der Waals surface area (Å²) in [4.78, 5) is 24.0. The van der Waals surface area contributed by atoms with E-state index in [4.69, 9.17) is 5.73 Å². The van der Waals surface area contributed by atoms with Gasteiger partial charge in [-0.25, -0.2) is 13.8 Å². The van der Waals surface area contributed by atoms with E-state index in [0.29, 0.717) is 37.3 Å². The Morgan fingerprint density at radius 3 is 2.65 bits per heavy atom. The molecule has 1 aromatic carbocycles. The van der Waals surface area contributed by atoms with E-state index in [-0.39, 0.29) is 34.4 Å². The van der Waals surface area contributed by atoms with Crippen molar-refractivity contribution in [3.05, 3.63) is 69.5 Å². The number of halogens is 1. The Balaban J connectivity index is 1.63. The first-order chi connectivity index (χ1) is 14.9. The number of benzene rings is 1. The first kappa shape index (κ1) is 21.7. The number of nitriles is 1. The van der Waals surface area contributed by atoms with Crippen LogP contribution in [0.4, 0.5) is 10.2 Å². The number of hydrogen-bond donors (Lipinski definition) is 2. The SMILES string of the molecule is CCCn1nc(C(=O)NCCCc2nn(-c3ccc(F)cc3)c(N)c2C#N)ccc1=O. The molecule has 0 saturated heterocycles. The normalized spacial score (nSPS) is 10.6. The molecule has 0 fully saturated rings. The predicted octanol–water partition coefficient (Wildman–Crippen LogP) is 1.79. The van der Waals surface area contributed by atoms with E-state index in [1.165, 1.54) is 45.8 Å². The molecule has 2 heterocycles. The van der Waals surface area contributed by atoms with Gasteiger partial charge in [0, 0.05) is 19.2 Å². The highest BCUT2D eigenvalue weighted by Gasteiger charge is 2.17.